The molecule has 0 unspecified atom stereocenters. The molecule has 0 saturated carbocycles. The lowest BCUT2D eigenvalue weighted by Crippen LogP contribution is -2.38. The summed E-state index contributed by atoms with van der Waals surface area (Å²) in [6.45, 7) is 0.0928. The average molecular weight is 447 g/mol. The first kappa shape index (κ1) is 19.5. The molecule has 0 spiro atoms. The first-order chi connectivity index (χ1) is 12.9. The van der Waals surface area contributed by atoms with E-state index < -0.39 is 10.0 Å². The molecule has 0 bridgehead atoms. The summed E-state index contributed by atoms with van der Waals surface area (Å²) >= 11 is 3.28. The van der Waals surface area contributed by atoms with Gasteiger partial charge in [-0.15, -0.1) is 0 Å². The minimum Gasteiger partial charge on any atom is -0.351 e. The van der Waals surface area contributed by atoms with E-state index in [1.165, 1.54) is 19.2 Å². The molecule has 0 aliphatic carbocycles. The van der Waals surface area contributed by atoms with Crippen LogP contribution in [0.4, 0.5) is 0 Å². The van der Waals surface area contributed by atoms with E-state index in [1.54, 1.807) is 12.1 Å². The van der Waals surface area contributed by atoms with Gasteiger partial charge >= 0.3 is 0 Å². The Labute approximate surface area is 167 Å². The van der Waals surface area contributed by atoms with Gasteiger partial charge in [-0.3, -0.25) is 4.79 Å². The Balaban J connectivity index is 1.65. The summed E-state index contributed by atoms with van der Waals surface area (Å²) in [5.41, 5.74) is 0.986. The highest BCUT2D eigenvalue weighted by Crippen LogP contribution is 2.19. The number of nitrogens with one attached hydrogen (secondary N) is 1. The number of hydrogen-bond donors (Lipinski definition) is 1. The third kappa shape index (κ3) is 4.55. The highest BCUT2D eigenvalue weighted by Gasteiger charge is 2.22. The standard InChI is InChI=1S/C20H19BrN2O3S/c1-23(27(25,26)18-11-9-17(21)10-12-18)14-20(24)22-13-16-7-4-6-15-5-2-3-8-19(15)16/h2-12H,13-14H2,1H3,(H,22,24). The molecule has 1 amide bonds. The summed E-state index contributed by atoms with van der Waals surface area (Å²) in [5, 5.41) is 4.96. The molecule has 27 heavy (non-hydrogen) atoms. The summed E-state index contributed by atoms with van der Waals surface area (Å²) in [4.78, 5) is 12.4. The summed E-state index contributed by atoms with van der Waals surface area (Å²) < 4.78 is 27.0. The van der Waals surface area contributed by atoms with Crippen LogP contribution >= 0.6 is 15.9 Å². The first-order valence-corrected chi connectivity index (χ1v) is 10.6. The van der Waals surface area contributed by atoms with E-state index in [2.05, 4.69) is 21.2 Å². The maximum Gasteiger partial charge on any atom is 0.243 e. The zero-order valence-electron chi connectivity index (χ0n) is 14.7. The van der Waals surface area contributed by atoms with E-state index in [9.17, 15) is 13.2 Å². The van der Waals surface area contributed by atoms with Crippen LogP contribution in [-0.2, 0) is 21.4 Å². The fourth-order valence-corrected chi connectivity index (χ4v) is 4.16. The number of sulfonamides is 1. The lowest BCUT2D eigenvalue weighted by Gasteiger charge is -2.17. The number of carbonyl (C=O) groups is 1. The summed E-state index contributed by atoms with van der Waals surface area (Å²) in [7, 11) is -2.32. The minimum atomic E-state index is -3.72. The molecular formula is C20H19BrN2O3S. The van der Waals surface area contributed by atoms with Crippen LogP contribution in [0, 0.1) is 0 Å². The smallest absolute Gasteiger partial charge is 0.243 e. The molecule has 0 saturated heterocycles. The second-order valence-electron chi connectivity index (χ2n) is 6.13. The van der Waals surface area contributed by atoms with Gasteiger partial charge in [0.05, 0.1) is 11.4 Å². The van der Waals surface area contributed by atoms with Gasteiger partial charge < -0.3 is 5.32 Å². The van der Waals surface area contributed by atoms with Crippen molar-refractivity contribution >= 4 is 42.6 Å². The molecule has 1 N–H and O–H groups in total. The molecule has 0 aliphatic heterocycles. The van der Waals surface area contributed by atoms with Crippen molar-refractivity contribution in [2.24, 2.45) is 0 Å². The van der Waals surface area contributed by atoms with Crippen LogP contribution in [0.5, 0.6) is 0 Å². The molecule has 3 aromatic rings. The zero-order valence-corrected chi connectivity index (χ0v) is 17.1. The maximum absolute atomic E-state index is 12.6. The molecule has 0 atom stereocenters. The van der Waals surface area contributed by atoms with E-state index in [0.717, 1.165) is 25.1 Å². The van der Waals surface area contributed by atoms with E-state index in [1.807, 2.05) is 42.5 Å². The van der Waals surface area contributed by atoms with E-state index >= 15 is 0 Å². The fourth-order valence-electron chi connectivity index (χ4n) is 2.77. The Kier molecular flexibility index (Phi) is 5.94. The third-order valence-electron chi connectivity index (χ3n) is 4.24. The molecule has 7 heteroatoms. The molecule has 0 fully saturated rings. The number of benzene rings is 3. The van der Waals surface area contributed by atoms with Crippen molar-refractivity contribution in [3.05, 3.63) is 76.8 Å². The topological polar surface area (TPSA) is 66.5 Å². The minimum absolute atomic E-state index is 0.148. The molecule has 140 valence electrons. The van der Waals surface area contributed by atoms with Gasteiger partial charge in [-0.25, -0.2) is 8.42 Å². The lowest BCUT2D eigenvalue weighted by atomic mass is 10.0. The third-order valence-corrected chi connectivity index (χ3v) is 6.59. The van der Waals surface area contributed by atoms with Gasteiger partial charge in [0.2, 0.25) is 15.9 Å². The van der Waals surface area contributed by atoms with E-state index in [0.29, 0.717) is 6.54 Å². The molecule has 3 aromatic carbocycles. The SMILES string of the molecule is CN(CC(=O)NCc1cccc2ccccc12)S(=O)(=O)c1ccc(Br)cc1. The van der Waals surface area contributed by atoms with Crippen molar-refractivity contribution in [3.8, 4) is 0 Å². The Morgan fingerprint density at radius 3 is 2.41 bits per heavy atom. The Morgan fingerprint density at radius 2 is 1.67 bits per heavy atom. The number of hydrogen-bond acceptors (Lipinski definition) is 3. The quantitative estimate of drug-likeness (QED) is 0.629. The number of rotatable bonds is 6. The largest absolute Gasteiger partial charge is 0.351 e. The molecule has 0 radical (unpaired) electrons. The van der Waals surface area contributed by atoms with Gasteiger partial charge in [0.15, 0.2) is 0 Å². The Hall–Kier alpha value is -2.22. The Bertz CT molecular complexity index is 1060. The van der Waals surface area contributed by atoms with Gasteiger partial charge in [0, 0.05) is 18.1 Å². The lowest BCUT2D eigenvalue weighted by molar-refractivity contribution is -0.121. The summed E-state index contributed by atoms with van der Waals surface area (Å²) in [6.07, 6.45) is 0. The molecule has 0 aromatic heterocycles. The second-order valence-corrected chi connectivity index (χ2v) is 9.09. The monoisotopic (exact) mass is 446 g/mol. The summed E-state index contributed by atoms with van der Waals surface area (Å²) in [5.74, 6) is -0.355. The van der Waals surface area contributed by atoms with Crippen LogP contribution in [0.1, 0.15) is 5.56 Å². The van der Waals surface area contributed by atoms with Crippen molar-refractivity contribution in [2.75, 3.05) is 13.6 Å². The van der Waals surface area contributed by atoms with E-state index in [-0.39, 0.29) is 17.3 Å². The van der Waals surface area contributed by atoms with E-state index in [4.69, 9.17) is 0 Å². The fraction of sp³-hybridized carbons (Fsp3) is 0.150. The zero-order chi connectivity index (χ0) is 19.4. The van der Waals surface area contributed by atoms with Crippen LogP contribution < -0.4 is 5.32 Å². The molecular weight excluding hydrogens is 428 g/mol. The van der Waals surface area contributed by atoms with Gasteiger partial charge in [0.1, 0.15) is 0 Å². The van der Waals surface area contributed by atoms with Crippen molar-refractivity contribution in [1.82, 2.24) is 9.62 Å². The second kappa shape index (κ2) is 8.21. The van der Waals surface area contributed by atoms with Crippen LogP contribution in [0.15, 0.2) is 76.1 Å². The van der Waals surface area contributed by atoms with Gasteiger partial charge in [-0.05, 0) is 40.6 Å². The van der Waals surface area contributed by atoms with Crippen molar-refractivity contribution < 1.29 is 13.2 Å². The van der Waals surface area contributed by atoms with Crippen molar-refractivity contribution in [3.63, 3.8) is 0 Å². The number of halogens is 1. The van der Waals surface area contributed by atoms with Gasteiger partial charge in [-0.1, -0.05) is 58.4 Å². The number of nitrogens with zero attached hydrogens (tertiary/aromatic N) is 1. The number of likely N-dealkylation sites (N-methyl/N-ethyl adjacent to an activating group) is 1. The molecule has 5 nitrogen and oxygen atoms in total. The van der Waals surface area contributed by atoms with Crippen LogP contribution in [0.2, 0.25) is 0 Å². The normalized spacial score (nSPS) is 11.7. The predicted octanol–water partition coefficient (Wildman–Crippen LogP) is 3.54. The molecule has 0 heterocycles. The Morgan fingerprint density at radius 1 is 1.00 bits per heavy atom. The highest BCUT2D eigenvalue weighted by atomic mass is 79.9. The van der Waals surface area contributed by atoms with Crippen molar-refractivity contribution in [2.45, 2.75) is 11.4 Å². The molecule has 3 rings (SSSR count). The van der Waals surface area contributed by atoms with Gasteiger partial charge in [-0.2, -0.15) is 4.31 Å². The number of carbonyl (C=O) groups excluding carboxylic acids is 1. The molecule has 0 aliphatic rings. The summed E-state index contributed by atoms with van der Waals surface area (Å²) in [6, 6.07) is 20.1. The number of fused-ring (bicyclic) bond motifs is 1. The van der Waals surface area contributed by atoms with Crippen LogP contribution in [0.3, 0.4) is 0 Å². The van der Waals surface area contributed by atoms with Crippen molar-refractivity contribution in [1.29, 1.82) is 0 Å². The van der Waals surface area contributed by atoms with Crippen LogP contribution in [-0.4, -0.2) is 32.2 Å². The van der Waals surface area contributed by atoms with Gasteiger partial charge in [0.25, 0.3) is 0 Å². The maximum atomic E-state index is 12.6. The average Bonchev–Trinajstić information content (AvgIpc) is 2.66. The predicted molar refractivity (Wildman–Crippen MR) is 110 cm³/mol. The number of amides is 1. The highest BCUT2D eigenvalue weighted by molar-refractivity contribution is 9.10. The van der Waals surface area contributed by atoms with Crippen LogP contribution in [0.25, 0.3) is 10.8 Å². The first-order valence-electron chi connectivity index (χ1n) is 8.33.